The summed E-state index contributed by atoms with van der Waals surface area (Å²) < 4.78 is 11.8. The second-order valence-electron chi connectivity index (χ2n) is 4.53. The van der Waals surface area contributed by atoms with E-state index in [1.807, 2.05) is 0 Å². The molecule has 3 heteroatoms. The standard InChI is InChI=1S/C11H23O2P/c1-9(2)12-14(13-10(3)4)11-7-5-6-8-11/h9-11H,5-8H2,1-4H3. The van der Waals surface area contributed by atoms with E-state index in [4.69, 9.17) is 9.05 Å². The Morgan fingerprint density at radius 2 is 1.36 bits per heavy atom. The predicted octanol–water partition coefficient (Wildman–Crippen LogP) is 4.09. The summed E-state index contributed by atoms with van der Waals surface area (Å²) in [6.07, 6.45) is 5.88. The molecule has 14 heavy (non-hydrogen) atoms. The van der Waals surface area contributed by atoms with Crippen molar-refractivity contribution in [2.75, 3.05) is 0 Å². The van der Waals surface area contributed by atoms with Crippen LogP contribution in [0.15, 0.2) is 0 Å². The molecule has 0 atom stereocenters. The van der Waals surface area contributed by atoms with Crippen LogP contribution in [0.4, 0.5) is 0 Å². The molecule has 2 nitrogen and oxygen atoms in total. The Morgan fingerprint density at radius 3 is 1.71 bits per heavy atom. The molecule has 0 aromatic carbocycles. The van der Waals surface area contributed by atoms with Crippen LogP contribution in [0.25, 0.3) is 0 Å². The van der Waals surface area contributed by atoms with Crippen molar-refractivity contribution in [2.45, 2.75) is 71.2 Å². The molecule has 0 radical (unpaired) electrons. The van der Waals surface area contributed by atoms with E-state index >= 15 is 0 Å². The second-order valence-corrected chi connectivity index (χ2v) is 6.25. The van der Waals surface area contributed by atoms with E-state index in [0.717, 1.165) is 0 Å². The van der Waals surface area contributed by atoms with Crippen molar-refractivity contribution < 1.29 is 9.05 Å². The molecular formula is C11H23O2P. The molecular weight excluding hydrogens is 195 g/mol. The van der Waals surface area contributed by atoms with Crippen LogP contribution in [0.3, 0.4) is 0 Å². The Kier molecular flexibility index (Phi) is 5.36. The molecule has 1 aliphatic carbocycles. The van der Waals surface area contributed by atoms with Gasteiger partial charge in [-0.3, -0.25) is 0 Å². The molecule has 1 saturated carbocycles. The molecule has 0 saturated heterocycles. The molecule has 0 aliphatic heterocycles. The van der Waals surface area contributed by atoms with Gasteiger partial charge in [0, 0.05) is 5.66 Å². The van der Waals surface area contributed by atoms with Crippen LogP contribution in [-0.2, 0) is 9.05 Å². The van der Waals surface area contributed by atoms with Crippen molar-refractivity contribution in [1.82, 2.24) is 0 Å². The third kappa shape index (κ3) is 4.25. The lowest BCUT2D eigenvalue weighted by atomic mass is 10.4. The van der Waals surface area contributed by atoms with Crippen molar-refractivity contribution >= 4 is 8.38 Å². The molecule has 0 spiro atoms. The number of rotatable bonds is 5. The summed E-state index contributed by atoms with van der Waals surface area (Å²) in [4.78, 5) is 0. The molecule has 0 unspecified atom stereocenters. The van der Waals surface area contributed by atoms with Crippen LogP contribution >= 0.6 is 8.38 Å². The van der Waals surface area contributed by atoms with Gasteiger partial charge >= 0.3 is 0 Å². The zero-order valence-corrected chi connectivity index (χ0v) is 10.7. The Labute approximate surface area is 89.3 Å². The molecule has 0 bridgehead atoms. The first-order valence-electron chi connectivity index (χ1n) is 5.72. The minimum absolute atomic E-state index is 0.292. The molecule has 0 aromatic heterocycles. The highest BCUT2D eigenvalue weighted by molar-refractivity contribution is 7.48. The highest BCUT2D eigenvalue weighted by Gasteiger charge is 2.28. The van der Waals surface area contributed by atoms with Crippen molar-refractivity contribution in [3.05, 3.63) is 0 Å². The van der Waals surface area contributed by atoms with Gasteiger partial charge in [-0.05, 0) is 40.5 Å². The zero-order chi connectivity index (χ0) is 10.6. The Morgan fingerprint density at radius 1 is 0.929 bits per heavy atom. The first kappa shape index (κ1) is 12.4. The van der Waals surface area contributed by atoms with Crippen LogP contribution in [0.1, 0.15) is 53.4 Å². The Balaban J connectivity index is 2.42. The SMILES string of the molecule is CC(C)OP(OC(C)C)C1CCCC1. The van der Waals surface area contributed by atoms with E-state index in [-0.39, 0.29) is 0 Å². The highest BCUT2D eigenvalue weighted by atomic mass is 31.2. The average molecular weight is 218 g/mol. The molecule has 1 rings (SSSR count). The van der Waals surface area contributed by atoms with Gasteiger partial charge in [0.1, 0.15) is 0 Å². The van der Waals surface area contributed by atoms with Gasteiger partial charge in [-0.15, -0.1) is 0 Å². The molecule has 84 valence electrons. The lowest BCUT2D eigenvalue weighted by molar-refractivity contribution is 0.172. The second kappa shape index (κ2) is 6.05. The van der Waals surface area contributed by atoms with Crippen LogP contribution < -0.4 is 0 Å². The van der Waals surface area contributed by atoms with Gasteiger partial charge in [0.2, 0.25) is 0 Å². The quantitative estimate of drug-likeness (QED) is 0.647. The predicted molar refractivity (Wildman–Crippen MR) is 61.6 cm³/mol. The smallest absolute Gasteiger partial charge is 0.174 e. The molecule has 0 aromatic rings. The summed E-state index contributed by atoms with van der Waals surface area (Å²) in [5.41, 5.74) is 0.690. The summed E-state index contributed by atoms with van der Waals surface area (Å²) in [6.45, 7) is 8.36. The summed E-state index contributed by atoms with van der Waals surface area (Å²) in [7, 11) is -0.641. The van der Waals surface area contributed by atoms with E-state index in [1.54, 1.807) is 0 Å². The fourth-order valence-electron chi connectivity index (χ4n) is 1.73. The van der Waals surface area contributed by atoms with E-state index in [9.17, 15) is 0 Å². The molecule has 0 amide bonds. The lowest BCUT2D eigenvalue weighted by Crippen LogP contribution is -2.12. The minimum Gasteiger partial charge on any atom is -0.331 e. The van der Waals surface area contributed by atoms with Gasteiger partial charge in [-0.25, -0.2) is 0 Å². The van der Waals surface area contributed by atoms with Gasteiger partial charge in [0.15, 0.2) is 8.38 Å². The average Bonchev–Trinajstić information content (AvgIpc) is 2.52. The Bertz CT molecular complexity index is 143. The van der Waals surface area contributed by atoms with Crippen LogP contribution in [0.2, 0.25) is 0 Å². The van der Waals surface area contributed by atoms with Gasteiger partial charge in [0.25, 0.3) is 0 Å². The highest BCUT2D eigenvalue weighted by Crippen LogP contribution is 2.52. The molecule has 1 aliphatic rings. The number of hydrogen-bond donors (Lipinski definition) is 0. The monoisotopic (exact) mass is 218 g/mol. The largest absolute Gasteiger partial charge is 0.331 e. The first-order valence-corrected chi connectivity index (χ1v) is 6.97. The van der Waals surface area contributed by atoms with E-state index in [0.29, 0.717) is 17.9 Å². The van der Waals surface area contributed by atoms with E-state index in [1.165, 1.54) is 25.7 Å². The molecule has 0 N–H and O–H groups in total. The number of hydrogen-bond acceptors (Lipinski definition) is 2. The maximum atomic E-state index is 5.89. The maximum absolute atomic E-state index is 5.89. The topological polar surface area (TPSA) is 18.5 Å². The third-order valence-electron chi connectivity index (χ3n) is 2.25. The maximum Gasteiger partial charge on any atom is 0.174 e. The Hall–Kier alpha value is 0.350. The fourth-order valence-corrected chi connectivity index (χ4v) is 3.74. The fraction of sp³-hybridized carbons (Fsp3) is 1.00. The van der Waals surface area contributed by atoms with E-state index in [2.05, 4.69) is 27.7 Å². The van der Waals surface area contributed by atoms with Crippen LogP contribution in [0.5, 0.6) is 0 Å². The van der Waals surface area contributed by atoms with E-state index < -0.39 is 8.38 Å². The normalized spacial score (nSPS) is 19.1. The van der Waals surface area contributed by atoms with Crippen LogP contribution in [-0.4, -0.2) is 17.9 Å². The summed E-state index contributed by atoms with van der Waals surface area (Å²) in [5.74, 6) is 0. The summed E-state index contributed by atoms with van der Waals surface area (Å²) in [6, 6.07) is 0. The third-order valence-corrected chi connectivity index (χ3v) is 4.62. The first-order chi connectivity index (χ1) is 6.59. The van der Waals surface area contributed by atoms with Crippen molar-refractivity contribution in [3.8, 4) is 0 Å². The molecule has 0 heterocycles. The van der Waals surface area contributed by atoms with Crippen LogP contribution in [0, 0.1) is 0 Å². The van der Waals surface area contributed by atoms with Gasteiger partial charge in [-0.2, -0.15) is 0 Å². The summed E-state index contributed by atoms with van der Waals surface area (Å²) >= 11 is 0. The van der Waals surface area contributed by atoms with Gasteiger partial charge < -0.3 is 9.05 Å². The van der Waals surface area contributed by atoms with Crippen molar-refractivity contribution in [1.29, 1.82) is 0 Å². The minimum atomic E-state index is -0.641. The zero-order valence-electron chi connectivity index (χ0n) is 9.82. The van der Waals surface area contributed by atoms with Crippen molar-refractivity contribution in [2.24, 2.45) is 0 Å². The van der Waals surface area contributed by atoms with Gasteiger partial charge in [-0.1, -0.05) is 12.8 Å². The molecule has 1 fully saturated rings. The summed E-state index contributed by atoms with van der Waals surface area (Å²) in [5, 5.41) is 0. The van der Waals surface area contributed by atoms with Gasteiger partial charge in [0.05, 0.1) is 12.2 Å². The lowest BCUT2D eigenvalue weighted by Gasteiger charge is -2.26. The van der Waals surface area contributed by atoms with Crippen molar-refractivity contribution in [3.63, 3.8) is 0 Å².